The lowest BCUT2D eigenvalue weighted by Crippen LogP contribution is -2.11. The van der Waals surface area contributed by atoms with Crippen LogP contribution in [-0.4, -0.2) is 22.1 Å². The summed E-state index contributed by atoms with van der Waals surface area (Å²) in [6.07, 6.45) is 4.11. The number of rotatable bonds is 4. The molecule has 6 nitrogen and oxygen atoms in total. The summed E-state index contributed by atoms with van der Waals surface area (Å²) < 4.78 is 7.04. The van der Waals surface area contributed by atoms with Crippen molar-refractivity contribution in [3.05, 3.63) is 42.0 Å². The molecule has 0 unspecified atom stereocenters. The Hall–Kier alpha value is -2.50. The van der Waals surface area contributed by atoms with Crippen LogP contribution in [0, 0.1) is 0 Å². The van der Waals surface area contributed by atoms with Crippen LogP contribution in [0.25, 0.3) is 0 Å². The molecule has 19 heavy (non-hydrogen) atoms. The summed E-state index contributed by atoms with van der Waals surface area (Å²) in [5.41, 5.74) is 12.5. The van der Waals surface area contributed by atoms with E-state index >= 15 is 0 Å². The second-order valence-corrected chi connectivity index (χ2v) is 4.23. The third-order valence-corrected chi connectivity index (χ3v) is 2.69. The second-order valence-electron chi connectivity index (χ2n) is 4.23. The molecule has 0 saturated heterocycles. The Morgan fingerprint density at radius 1 is 1.32 bits per heavy atom. The van der Waals surface area contributed by atoms with Crippen molar-refractivity contribution >= 4 is 17.3 Å². The van der Waals surface area contributed by atoms with Gasteiger partial charge in [-0.25, -0.2) is 9.78 Å². The molecule has 2 rings (SSSR count). The summed E-state index contributed by atoms with van der Waals surface area (Å²) in [5.74, 6) is 0.424. The van der Waals surface area contributed by atoms with E-state index in [9.17, 15) is 4.79 Å². The molecule has 0 bridgehead atoms. The Bertz CT molecular complexity index is 572. The van der Waals surface area contributed by atoms with E-state index in [1.165, 1.54) is 0 Å². The number of esters is 1. The lowest BCUT2D eigenvalue weighted by molar-refractivity contribution is 0.0507. The molecule has 4 N–H and O–H groups in total. The van der Waals surface area contributed by atoms with Crippen molar-refractivity contribution in [3.8, 4) is 0 Å². The molecule has 0 aliphatic heterocycles. The quantitative estimate of drug-likeness (QED) is 0.631. The molecular formula is C13H16N4O2. The van der Waals surface area contributed by atoms with Crippen molar-refractivity contribution in [1.29, 1.82) is 0 Å². The van der Waals surface area contributed by atoms with E-state index in [1.54, 1.807) is 24.4 Å². The van der Waals surface area contributed by atoms with Crippen molar-refractivity contribution in [2.45, 2.75) is 6.42 Å². The average molecular weight is 260 g/mol. The first-order valence-corrected chi connectivity index (χ1v) is 5.85. The van der Waals surface area contributed by atoms with Crippen LogP contribution >= 0.6 is 0 Å². The highest BCUT2D eigenvalue weighted by Gasteiger charge is 2.09. The maximum Gasteiger partial charge on any atom is 0.338 e. The van der Waals surface area contributed by atoms with Crippen LogP contribution in [0.2, 0.25) is 0 Å². The SMILES string of the molecule is Cn1ccnc1CCOC(=O)c1cc(N)cc(N)c1. The normalized spacial score (nSPS) is 10.4. The van der Waals surface area contributed by atoms with Gasteiger partial charge in [0.1, 0.15) is 5.82 Å². The minimum Gasteiger partial charge on any atom is -0.462 e. The molecule has 1 aromatic carbocycles. The van der Waals surface area contributed by atoms with Crippen molar-refractivity contribution in [2.24, 2.45) is 7.05 Å². The van der Waals surface area contributed by atoms with Crippen LogP contribution in [0.4, 0.5) is 11.4 Å². The topological polar surface area (TPSA) is 96.2 Å². The first-order valence-electron chi connectivity index (χ1n) is 5.85. The summed E-state index contributed by atoms with van der Waals surface area (Å²) >= 11 is 0. The number of aromatic nitrogens is 2. The van der Waals surface area contributed by atoms with Crippen molar-refractivity contribution < 1.29 is 9.53 Å². The molecule has 0 spiro atoms. The fourth-order valence-electron chi connectivity index (χ4n) is 1.75. The number of nitrogens with two attached hydrogens (primary N) is 2. The van der Waals surface area contributed by atoms with Crippen molar-refractivity contribution in [1.82, 2.24) is 9.55 Å². The molecule has 0 aliphatic rings. The lowest BCUT2D eigenvalue weighted by Gasteiger charge is -2.06. The van der Waals surface area contributed by atoms with Gasteiger partial charge in [0, 0.05) is 37.2 Å². The number of nitrogen functional groups attached to an aromatic ring is 2. The summed E-state index contributed by atoms with van der Waals surface area (Å²) in [7, 11) is 1.89. The number of carbonyl (C=O) groups excluding carboxylic acids is 1. The van der Waals surface area contributed by atoms with Gasteiger partial charge in [-0.05, 0) is 18.2 Å². The van der Waals surface area contributed by atoms with E-state index in [0.29, 0.717) is 23.4 Å². The molecule has 100 valence electrons. The number of carbonyl (C=O) groups is 1. The zero-order valence-electron chi connectivity index (χ0n) is 10.7. The average Bonchev–Trinajstić information content (AvgIpc) is 2.74. The fourth-order valence-corrected chi connectivity index (χ4v) is 1.75. The van der Waals surface area contributed by atoms with Gasteiger partial charge in [-0.3, -0.25) is 0 Å². The molecule has 6 heteroatoms. The van der Waals surface area contributed by atoms with Gasteiger partial charge in [0.25, 0.3) is 0 Å². The van der Waals surface area contributed by atoms with Gasteiger partial charge in [-0.1, -0.05) is 0 Å². The van der Waals surface area contributed by atoms with E-state index in [-0.39, 0.29) is 6.61 Å². The zero-order valence-corrected chi connectivity index (χ0v) is 10.7. The summed E-state index contributed by atoms with van der Waals surface area (Å²) in [6, 6.07) is 4.67. The van der Waals surface area contributed by atoms with Gasteiger partial charge in [-0.2, -0.15) is 0 Å². The number of imidazole rings is 1. The first kappa shape index (κ1) is 12.9. The lowest BCUT2D eigenvalue weighted by atomic mass is 10.2. The fraction of sp³-hybridized carbons (Fsp3) is 0.231. The van der Waals surface area contributed by atoms with Crippen LogP contribution in [0.15, 0.2) is 30.6 Å². The van der Waals surface area contributed by atoms with Gasteiger partial charge in [0.15, 0.2) is 0 Å². The van der Waals surface area contributed by atoms with E-state index in [2.05, 4.69) is 4.98 Å². The first-order chi connectivity index (χ1) is 9.06. The monoisotopic (exact) mass is 260 g/mol. The van der Waals surface area contributed by atoms with Crippen LogP contribution in [0.5, 0.6) is 0 Å². The predicted octanol–water partition coefficient (Wildman–Crippen LogP) is 0.984. The van der Waals surface area contributed by atoms with Crippen molar-refractivity contribution in [2.75, 3.05) is 18.1 Å². The molecule has 0 fully saturated rings. The highest BCUT2D eigenvalue weighted by atomic mass is 16.5. The predicted molar refractivity (Wildman–Crippen MR) is 72.5 cm³/mol. The van der Waals surface area contributed by atoms with Crippen LogP contribution in [0.1, 0.15) is 16.2 Å². The van der Waals surface area contributed by atoms with Crippen LogP contribution in [-0.2, 0) is 18.2 Å². The molecule has 1 aromatic heterocycles. The minimum atomic E-state index is -0.437. The molecular weight excluding hydrogens is 244 g/mol. The largest absolute Gasteiger partial charge is 0.462 e. The Kier molecular flexibility index (Phi) is 3.70. The Labute approximate surface area is 111 Å². The molecule has 0 atom stereocenters. The number of hydrogen-bond donors (Lipinski definition) is 2. The summed E-state index contributed by atoms with van der Waals surface area (Å²) in [6.45, 7) is 0.262. The number of ether oxygens (including phenoxy) is 1. The highest BCUT2D eigenvalue weighted by molar-refractivity contribution is 5.91. The number of anilines is 2. The second kappa shape index (κ2) is 5.43. The third-order valence-electron chi connectivity index (χ3n) is 2.69. The number of aryl methyl sites for hydroxylation is 1. The van der Waals surface area contributed by atoms with E-state index in [1.807, 2.05) is 17.8 Å². The van der Waals surface area contributed by atoms with Gasteiger partial charge >= 0.3 is 5.97 Å². The molecule has 0 amide bonds. The molecule has 2 aromatic rings. The maximum atomic E-state index is 11.8. The van der Waals surface area contributed by atoms with E-state index in [4.69, 9.17) is 16.2 Å². The molecule has 1 heterocycles. The minimum absolute atomic E-state index is 0.262. The Balaban J connectivity index is 1.92. The van der Waals surface area contributed by atoms with Gasteiger partial charge in [0.2, 0.25) is 0 Å². The number of benzene rings is 1. The van der Waals surface area contributed by atoms with Crippen LogP contribution < -0.4 is 11.5 Å². The number of nitrogens with zero attached hydrogens (tertiary/aromatic N) is 2. The summed E-state index contributed by atoms with van der Waals surface area (Å²) in [5, 5.41) is 0. The smallest absolute Gasteiger partial charge is 0.338 e. The third kappa shape index (κ3) is 3.25. The van der Waals surface area contributed by atoms with Gasteiger partial charge in [-0.15, -0.1) is 0 Å². The molecule has 0 saturated carbocycles. The molecule has 0 aliphatic carbocycles. The highest BCUT2D eigenvalue weighted by Crippen LogP contribution is 2.14. The van der Waals surface area contributed by atoms with E-state index < -0.39 is 5.97 Å². The Morgan fingerprint density at radius 3 is 2.58 bits per heavy atom. The maximum absolute atomic E-state index is 11.8. The zero-order chi connectivity index (χ0) is 13.8. The standard InChI is InChI=1S/C13H16N4O2/c1-17-4-3-16-12(17)2-5-19-13(18)9-6-10(14)8-11(15)7-9/h3-4,6-8H,2,5,14-15H2,1H3. The van der Waals surface area contributed by atoms with Gasteiger partial charge in [0.05, 0.1) is 12.2 Å². The van der Waals surface area contributed by atoms with Gasteiger partial charge < -0.3 is 20.8 Å². The van der Waals surface area contributed by atoms with Crippen LogP contribution in [0.3, 0.4) is 0 Å². The van der Waals surface area contributed by atoms with Crippen molar-refractivity contribution in [3.63, 3.8) is 0 Å². The number of hydrogen-bond acceptors (Lipinski definition) is 5. The van der Waals surface area contributed by atoms with E-state index in [0.717, 1.165) is 5.82 Å². The Morgan fingerprint density at radius 2 is 2.00 bits per heavy atom. The molecule has 0 radical (unpaired) electrons. The summed E-state index contributed by atoms with van der Waals surface area (Å²) in [4.78, 5) is 15.9.